The number of aryl methyl sites for hydroxylation is 1. The number of carbonyl (C=O) groups excluding carboxylic acids is 1. The lowest BCUT2D eigenvalue weighted by Gasteiger charge is -2.09. The van der Waals surface area contributed by atoms with Gasteiger partial charge in [0, 0.05) is 18.3 Å². The van der Waals surface area contributed by atoms with Crippen LogP contribution in [-0.2, 0) is 23.1 Å². The standard InChI is InChI=1S/C21H21N3O3S/c1-16-6-4-7-17(12-16)14-23-21(25)18-8-5-10-20(13-18)28(26,27)24-15-19-9-2-3-11-22-19/h2-13,24H,14-15H2,1H3,(H,23,25). The van der Waals surface area contributed by atoms with Crippen LogP contribution in [0.3, 0.4) is 0 Å². The van der Waals surface area contributed by atoms with E-state index in [2.05, 4.69) is 15.0 Å². The summed E-state index contributed by atoms with van der Waals surface area (Å²) in [6.45, 7) is 2.43. The first-order valence-electron chi connectivity index (χ1n) is 8.77. The van der Waals surface area contributed by atoms with Crippen molar-refractivity contribution in [1.29, 1.82) is 0 Å². The van der Waals surface area contributed by atoms with E-state index in [9.17, 15) is 13.2 Å². The van der Waals surface area contributed by atoms with E-state index in [4.69, 9.17) is 0 Å². The summed E-state index contributed by atoms with van der Waals surface area (Å²) >= 11 is 0. The van der Waals surface area contributed by atoms with Gasteiger partial charge in [-0.3, -0.25) is 9.78 Å². The summed E-state index contributed by atoms with van der Waals surface area (Å²) in [7, 11) is -3.76. The molecule has 0 spiro atoms. The van der Waals surface area contributed by atoms with Crippen molar-refractivity contribution in [3.05, 3.63) is 95.3 Å². The molecule has 2 N–H and O–H groups in total. The summed E-state index contributed by atoms with van der Waals surface area (Å²) in [5.41, 5.74) is 2.99. The molecule has 0 saturated carbocycles. The summed E-state index contributed by atoms with van der Waals surface area (Å²) in [5.74, 6) is -0.330. The lowest BCUT2D eigenvalue weighted by Crippen LogP contribution is -2.25. The number of sulfonamides is 1. The van der Waals surface area contributed by atoms with Crippen molar-refractivity contribution in [2.75, 3.05) is 0 Å². The molecule has 0 aliphatic heterocycles. The Kier molecular flexibility index (Phi) is 6.18. The molecule has 0 radical (unpaired) electrons. The Morgan fingerprint density at radius 3 is 2.54 bits per heavy atom. The van der Waals surface area contributed by atoms with Crippen molar-refractivity contribution >= 4 is 15.9 Å². The van der Waals surface area contributed by atoms with Crippen LogP contribution in [0.1, 0.15) is 27.2 Å². The minimum Gasteiger partial charge on any atom is -0.348 e. The molecule has 3 rings (SSSR count). The second-order valence-corrected chi connectivity index (χ2v) is 8.11. The van der Waals surface area contributed by atoms with E-state index in [0.717, 1.165) is 11.1 Å². The smallest absolute Gasteiger partial charge is 0.251 e. The number of hydrogen-bond donors (Lipinski definition) is 2. The van der Waals surface area contributed by atoms with Gasteiger partial charge >= 0.3 is 0 Å². The zero-order valence-corrected chi connectivity index (χ0v) is 16.2. The molecule has 28 heavy (non-hydrogen) atoms. The van der Waals surface area contributed by atoms with Crippen LogP contribution in [0, 0.1) is 6.92 Å². The Balaban J connectivity index is 1.67. The predicted octanol–water partition coefficient (Wildman–Crippen LogP) is 2.80. The summed E-state index contributed by atoms with van der Waals surface area (Å²) < 4.78 is 27.6. The number of amides is 1. The highest BCUT2D eigenvalue weighted by molar-refractivity contribution is 7.89. The van der Waals surface area contributed by atoms with Gasteiger partial charge in [0.2, 0.25) is 10.0 Å². The Hall–Kier alpha value is -3.03. The molecular formula is C21H21N3O3S. The Bertz CT molecular complexity index is 1070. The molecule has 6 nitrogen and oxygen atoms in total. The SMILES string of the molecule is Cc1cccc(CNC(=O)c2cccc(S(=O)(=O)NCc3ccccn3)c2)c1. The highest BCUT2D eigenvalue weighted by Crippen LogP contribution is 2.13. The van der Waals surface area contributed by atoms with E-state index in [1.54, 1.807) is 36.5 Å². The second kappa shape index (κ2) is 8.77. The Morgan fingerprint density at radius 2 is 1.79 bits per heavy atom. The second-order valence-electron chi connectivity index (χ2n) is 6.35. The number of aromatic nitrogens is 1. The summed E-state index contributed by atoms with van der Waals surface area (Å²) in [4.78, 5) is 16.5. The van der Waals surface area contributed by atoms with Crippen LogP contribution in [0.2, 0.25) is 0 Å². The first-order chi connectivity index (χ1) is 13.4. The van der Waals surface area contributed by atoms with Crippen molar-refractivity contribution in [2.45, 2.75) is 24.9 Å². The molecule has 1 amide bonds. The van der Waals surface area contributed by atoms with Crippen LogP contribution >= 0.6 is 0 Å². The summed E-state index contributed by atoms with van der Waals surface area (Å²) in [5, 5.41) is 2.81. The van der Waals surface area contributed by atoms with E-state index in [1.807, 2.05) is 31.2 Å². The molecule has 0 fully saturated rings. The van der Waals surface area contributed by atoms with Crippen LogP contribution in [0.25, 0.3) is 0 Å². The fourth-order valence-corrected chi connectivity index (χ4v) is 3.71. The molecule has 1 aromatic heterocycles. The molecular weight excluding hydrogens is 374 g/mol. The maximum Gasteiger partial charge on any atom is 0.251 e. The third kappa shape index (κ3) is 5.25. The van der Waals surface area contributed by atoms with Gasteiger partial charge in [0.25, 0.3) is 5.91 Å². The minimum atomic E-state index is -3.76. The van der Waals surface area contributed by atoms with E-state index >= 15 is 0 Å². The number of pyridine rings is 1. The molecule has 7 heteroatoms. The van der Waals surface area contributed by atoms with Crippen LogP contribution < -0.4 is 10.0 Å². The minimum absolute atomic E-state index is 0.0339. The van der Waals surface area contributed by atoms with Crippen LogP contribution in [0.4, 0.5) is 0 Å². The van der Waals surface area contributed by atoms with Crippen LogP contribution in [-0.4, -0.2) is 19.3 Å². The number of hydrogen-bond acceptors (Lipinski definition) is 4. The molecule has 0 saturated heterocycles. The number of nitrogens with one attached hydrogen (secondary N) is 2. The van der Waals surface area contributed by atoms with Crippen molar-refractivity contribution in [3.8, 4) is 0 Å². The topological polar surface area (TPSA) is 88.2 Å². The monoisotopic (exact) mass is 395 g/mol. The number of benzene rings is 2. The zero-order chi connectivity index (χ0) is 20.0. The molecule has 0 aliphatic carbocycles. The maximum atomic E-state index is 12.5. The molecule has 0 aliphatic rings. The molecule has 0 atom stereocenters. The van der Waals surface area contributed by atoms with E-state index < -0.39 is 10.0 Å². The number of carbonyl (C=O) groups is 1. The first kappa shape index (κ1) is 19.7. The van der Waals surface area contributed by atoms with Gasteiger partial charge in [0.1, 0.15) is 0 Å². The van der Waals surface area contributed by atoms with Gasteiger partial charge in [0.05, 0.1) is 17.1 Å². The Morgan fingerprint density at radius 1 is 0.964 bits per heavy atom. The predicted molar refractivity (Wildman–Crippen MR) is 107 cm³/mol. The highest BCUT2D eigenvalue weighted by atomic mass is 32.2. The lowest BCUT2D eigenvalue weighted by molar-refractivity contribution is 0.0950. The van der Waals surface area contributed by atoms with Crippen molar-refractivity contribution in [2.24, 2.45) is 0 Å². The average Bonchev–Trinajstić information content (AvgIpc) is 2.71. The fraction of sp³-hybridized carbons (Fsp3) is 0.143. The molecule has 144 valence electrons. The summed E-state index contributed by atoms with van der Waals surface area (Å²) in [6, 6.07) is 19.1. The van der Waals surface area contributed by atoms with Gasteiger partial charge in [-0.05, 0) is 42.8 Å². The average molecular weight is 395 g/mol. The normalized spacial score (nSPS) is 11.2. The van der Waals surface area contributed by atoms with Crippen LogP contribution in [0.15, 0.2) is 77.8 Å². The third-order valence-electron chi connectivity index (χ3n) is 4.11. The number of rotatable bonds is 7. The van der Waals surface area contributed by atoms with Crippen molar-refractivity contribution < 1.29 is 13.2 Å². The highest BCUT2D eigenvalue weighted by Gasteiger charge is 2.16. The largest absolute Gasteiger partial charge is 0.348 e. The number of nitrogens with zero attached hydrogens (tertiary/aromatic N) is 1. The van der Waals surface area contributed by atoms with E-state index in [-0.39, 0.29) is 22.9 Å². The summed E-state index contributed by atoms with van der Waals surface area (Å²) in [6.07, 6.45) is 1.60. The van der Waals surface area contributed by atoms with Gasteiger partial charge < -0.3 is 5.32 Å². The van der Waals surface area contributed by atoms with E-state index in [0.29, 0.717) is 12.2 Å². The zero-order valence-electron chi connectivity index (χ0n) is 15.4. The van der Waals surface area contributed by atoms with Crippen LogP contribution in [0.5, 0.6) is 0 Å². The molecule has 0 unspecified atom stereocenters. The van der Waals surface area contributed by atoms with Crippen molar-refractivity contribution in [3.63, 3.8) is 0 Å². The molecule has 0 bridgehead atoms. The van der Waals surface area contributed by atoms with Gasteiger partial charge in [-0.25, -0.2) is 13.1 Å². The first-order valence-corrected chi connectivity index (χ1v) is 10.3. The van der Waals surface area contributed by atoms with Gasteiger partial charge in [-0.1, -0.05) is 42.0 Å². The van der Waals surface area contributed by atoms with Gasteiger partial charge in [-0.2, -0.15) is 0 Å². The van der Waals surface area contributed by atoms with E-state index in [1.165, 1.54) is 12.1 Å². The maximum absolute atomic E-state index is 12.5. The molecule has 1 heterocycles. The fourth-order valence-electron chi connectivity index (χ4n) is 2.67. The van der Waals surface area contributed by atoms with Crippen molar-refractivity contribution in [1.82, 2.24) is 15.0 Å². The molecule has 3 aromatic rings. The molecule has 2 aromatic carbocycles. The van der Waals surface area contributed by atoms with Gasteiger partial charge in [0.15, 0.2) is 0 Å². The van der Waals surface area contributed by atoms with Gasteiger partial charge in [-0.15, -0.1) is 0 Å². The lowest BCUT2D eigenvalue weighted by atomic mass is 10.1. The quantitative estimate of drug-likeness (QED) is 0.644. The Labute approximate surface area is 164 Å². The third-order valence-corrected chi connectivity index (χ3v) is 5.51.